The molecule has 0 aromatic rings. The summed E-state index contributed by atoms with van der Waals surface area (Å²) in [5.41, 5.74) is 5.05. The highest BCUT2D eigenvalue weighted by Crippen LogP contribution is 2.10. The standard InChI is InChI=1S/C11H22N2O3/c1-7(12)6-9(13-8(2)14)10(15)16-11(3,4)5/h7,9H,6,12H2,1-5H3,(H,13,14)/t7-,9-/m0/s1. The van der Waals surface area contributed by atoms with Crippen molar-refractivity contribution in [2.24, 2.45) is 5.73 Å². The molecule has 0 radical (unpaired) electrons. The molecule has 0 aromatic heterocycles. The molecular weight excluding hydrogens is 208 g/mol. The van der Waals surface area contributed by atoms with E-state index in [2.05, 4.69) is 5.32 Å². The number of nitrogens with two attached hydrogens (primary N) is 1. The number of amides is 1. The van der Waals surface area contributed by atoms with E-state index in [4.69, 9.17) is 10.5 Å². The maximum absolute atomic E-state index is 11.7. The SMILES string of the molecule is CC(=O)N[C@@H](C[C@H](C)N)C(=O)OC(C)(C)C. The van der Waals surface area contributed by atoms with Crippen LogP contribution in [0.3, 0.4) is 0 Å². The van der Waals surface area contributed by atoms with Crippen LogP contribution < -0.4 is 11.1 Å². The van der Waals surface area contributed by atoms with E-state index in [-0.39, 0.29) is 11.9 Å². The highest BCUT2D eigenvalue weighted by atomic mass is 16.6. The summed E-state index contributed by atoms with van der Waals surface area (Å²) in [4.78, 5) is 22.7. The van der Waals surface area contributed by atoms with Crippen LogP contribution in [0.25, 0.3) is 0 Å². The van der Waals surface area contributed by atoms with Gasteiger partial charge in [-0.2, -0.15) is 0 Å². The van der Waals surface area contributed by atoms with Crippen molar-refractivity contribution < 1.29 is 14.3 Å². The lowest BCUT2D eigenvalue weighted by atomic mass is 10.1. The second-order valence-electron chi connectivity index (χ2n) is 5.00. The normalized spacial score (nSPS) is 15.1. The molecule has 0 saturated carbocycles. The second-order valence-corrected chi connectivity index (χ2v) is 5.00. The van der Waals surface area contributed by atoms with Gasteiger partial charge in [-0.25, -0.2) is 4.79 Å². The number of ether oxygens (including phenoxy) is 1. The molecule has 5 heteroatoms. The minimum Gasteiger partial charge on any atom is -0.458 e. The Hall–Kier alpha value is -1.10. The fourth-order valence-corrected chi connectivity index (χ4v) is 1.20. The zero-order chi connectivity index (χ0) is 12.9. The van der Waals surface area contributed by atoms with E-state index in [1.54, 1.807) is 27.7 Å². The van der Waals surface area contributed by atoms with Gasteiger partial charge in [-0.3, -0.25) is 4.79 Å². The highest BCUT2D eigenvalue weighted by Gasteiger charge is 2.26. The van der Waals surface area contributed by atoms with Gasteiger partial charge in [0.15, 0.2) is 0 Å². The van der Waals surface area contributed by atoms with E-state index in [1.165, 1.54) is 6.92 Å². The molecule has 3 N–H and O–H groups in total. The first-order valence-corrected chi connectivity index (χ1v) is 5.37. The molecule has 0 unspecified atom stereocenters. The largest absolute Gasteiger partial charge is 0.458 e. The van der Waals surface area contributed by atoms with Gasteiger partial charge in [-0.05, 0) is 34.1 Å². The van der Waals surface area contributed by atoms with Crippen molar-refractivity contribution in [1.29, 1.82) is 0 Å². The minimum atomic E-state index is -0.670. The maximum Gasteiger partial charge on any atom is 0.329 e. The highest BCUT2D eigenvalue weighted by molar-refractivity contribution is 5.83. The number of esters is 1. The Morgan fingerprint density at radius 2 is 1.88 bits per heavy atom. The number of hydrogen-bond donors (Lipinski definition) is 2. The summed E-state index contributed by atoms with van der Waals surface area (Å²) in [5, 5.41) is 2.54. The summed E-state index contributed by atoms with van der Waals surface area (Å²) >= 11 is 0. The predicted octanol–water partition coefficient (Wildman–Crippen LogP) is 0.570. The number of carbonyl (C=O) groups excluding carboxylic acids is 2. The molecule has 0 saturated heterocycles. The van der Waals surface area contributed by atoms with Gasteiger partial charge >= 0.3 is 5.97 Å². The number of carbonyl (C=O) groups is 2. The van der Waals surface area contributed by atoms with Gasteiger partial charge in [-0.1, -0.05) is 0 Å². The summed E-state index contributed by atoms with van der Waals surface area (Å²) < 4.78 is 5.19. The molecule has 0 aromatic carbocycles. The molecule has 2 atom stereocenters. The van der Waals surface area contributed by atoms with E-state index in [9.17, 15) is 9.59 Å². The van der Waals surface area contributed by atoms with Crippen molar-refractivity contribution >= 4 is 11.9 Å². The average molecular weight is 230 g/mol. The Balaban J connectivity index is 4.49. The Bertz CT molecular complexity index is 256. The van der Waals surface area contributed by atoms with Crippen LogP contribution in [0.15, 0.2) is 0 Å². The fraction of sp³-hybridized carbons (Fsp3) is 0.818. The first kappa shape index (κ1) is 14.9. The Morgan fingerprint density at radius 1 is 1.38 bits per heavy atom. The van der Waals surface area contributed by atoms with Crippen molar-refractivity contribution in [2.45, 2.75) is 58.7 Å². The number of nitrogens with one attached hydrogen (secondary N) is 1. The first-order valence-electron chi connectivity index (χ1n) is 5.37. The molecule has 0 fully saturated rings. The van der Waals surface area contributed by atoms with Crippen LogP contribution in [0.5, 0.6) is 0 Å². The van der Waals surface area contributed by atoms with Crippen molar-refractivity contribution in [3.63, 3.8) is 0 Å². The van der Waals surface area contributed by atoms with Crippen molar-refractivity contribution in [1.82, 2.24) is 5.32 Å². The van der Waals surface area contributed by atoms with Gasteiger partial charge in [0.05, 0.1) is 0 Å². The lowest BCUT2D eigenvalue weighted by Crippen LogP contribution is -2.45. The Labute approximate surface area is 96.7 Å². The lowest BCUT2D eigenvalue weighted by Gasteiger charge is -2.25. The average Bonchev–Trinajstić information content (AvgIpc) is 1.97. The third kappa shape index (κ3) is 7.23. The van der Waals surface area contributed by atoms with E-state index >= 15 is 0 Å². The zero-order valence-electron chi connectivity index (χ0n) is 10.7. The molecule has 0 rings (SSSR count). The van der Waals surface area contributed by atoms with E-state index in [0.717, 1.165) is 0 Å². The van der Waals surface area contributed by atoms with Crippen LogP contribution in [0, 0.1) is 0 Å². The fourth-order valence-electron chi connectivity index (χ4n) is 1.20. The zero-order valence-corrected chi connectivity index (χ0v) is 10.7. The molecule has 1 amide bonds. The van der Waals surface area contributed by atoms with E-state index in [1.807, 2.05) is 0 Å². The molecule has 0 aliphatic heterocycles. The van der Waals surface area contributed by atoms with Crippen LogP contribution in [0.2, 0.25) is 0 Å². The minimum absolute atomic E-state index is 0.177. The monoisotopic (exact) mass is 230 g/mol. The van der Waals surface area contributed by atoms with Gasteiger partial charge in [0, 0.05) is 13.0 Å². The summed E-state index contributed by atoms with van der Waals surface area (Å²) in [6, 6.07) is -0.846. The van der Waals surface area contributed by atoms with E-state index in [0.29, 0.717) is 6.42 Å². The van der Waals surface area contributed by atoms with E-state index < -0.39 is 17.6 Å². The third-order valence-electron chi connectivity index (χ3n) is 1.68. The van der Waals surface area contributed by atoms with Gasteiger partial charge in [-0.15, -0.1) is 0 Å². The molecule has 0 aliphatic rings. The van der Waals surface area contributed by atoms with Crippen LogP contribution >= 0.6 is 0 Å². The van der Waals surface area contributed by atoms with Gasteiger partial charge in [0.25, 0.3) is 0 Å². The first-order chi connectivity index (χ1) is 7.11. The van der Waals surface area contributed by atoms with Crippen LogP contribution in [0.1, 0.15) is 41.0 Å². The summed E-state index contributed by atoms with van der Waals surface area (Å²) in [5.74, 6) is -0.712. The van der Waals surface area contributed by atoms with Gasteiger partial charge < -0.3 is 15.8 Å². The molecule has 0 aliphatic carbocycles. The van der Waals surface area contributed by atoms with Gasteiger partial charge in [0.2, 0.25) is 5.91 Å². The molecular formula is C11H22N2O3. The van der Waals surface area contributed by atoms with Crippen molar-refractivity contribution in [3.8, 4) is 0 Å². The maximum atomic E-state index is 11.7. The van der Waals surface area contributed by atoms with Crippen LogP contribution in [0.4, 0.5) is 0 Å². The quantitative estimate of drug-likeness (QED) is 0.692. The summed E-state index contributed by atoms with van der Waals surface area (Å²) in [6.45, 7) is 8.47. The number of rotatable bonds is 4. The topological polar surface area (TPSA) is 81.4 Å². The molecule has 16 heavy (non-hydrogen) atoms. The van der Waals surface area contributed by atoms with Crippen LogP contribution in [-0.4, -0.2) is 29.6 Å². The molecule has 94 valence electrons. The molecule has 5 nitrogen and oxygen atoms in total. The van der Waals surface area contributed by atoms with Crippen molar-refractivity contribution in [3.05, 3.63) is 0 Å². The molecule has 0 bridgehead atoms. The third-order valence-corrected chi connectivity index (χ3v) is 1.68. The van der Waals surface area contributed by atoms with Crippen LogP contribution in [-0.2, 0) is 14.3 Å². The Morgan fingerprint density at radius 3 is 2.19 bits per heavy atom. The second kappa shape index (κ2) is 5.84. The predicted molar refractivity (Wildman–Crippen MR) is 61.7 cm³/mol. The van der Waals surface area contributed by atoms with Crippen molar-refractivity contribution in [2.75, 3.05) is 0 Å². The summed E-state index contributed by atoms with van der Waals surface area (Å²) in [7, 11) is 0. The number of hydrogen-bond acceptors (Lipinski definition) is 4. The smallest absolute Gasteiger partial charge is 0.329 e. The van der Waals surface area contributed by atoms with Gasteiger partial charge in [0.1, 0.15) is 11.6 Å². The Kier molecular flexibility index (Phi) is 5.44. The summed E-state index contributed by atoms with van der Waals surface area (Å²) in [6.07, 6.45) is 0.370. The lowest BCUT2D eigenvalue weighted by molar-refractivity contribution is -0.158. The molecule has 0 spiro atoms. The molecule has 0 heterocycles.